The van der Waals surface area contributed by atoms with Crippen molar-refractivity contribution in [1.29, 1.82) is 0 Å². The van der Waals surface area contributed by atoms with Crippen molar-refractivity contribution in [1.82, 2.24) is 4.98 Å². The number of anilines is 1. The Labute approximate surface area is 129 Å². The molecule has 0 bridgehead atoms. The van der Waals surface area contributed by atoms with Gasteiger partial charge in [-0.2, -0.15) is 0 Å². The fraction of sp³-hybridized carbons (Fsp3) is 0. The second kappa shape index (κ2) is 4.61. The summed E-state index contributed by atoms with van der Waals surface area (Å²) in [5, 5.41) is 14.0. The van der Waals surface area contributed by atoms with Crippen LogP contribution in [0.15, 0.2) is 52.6 Å². The SMILES string of the molecule is Nc1cccc(-c2c(O)ccc3[nH]c(=O)c4sccc4c23)c1. The van der Waals surface area contributed by atoms with Gasteiger partial charge in [-0.15, -0.1) is 11.3 Å². The minimum absolute atomic E-state index is 0.110. The number of aromatic nitrogens is 1. The lowest BCUT2D eigenvalue weighted by Gasteiger charge is -2.11. The maximum Gasteiger partial charge on any atom is 0.266 e. The van der Waals surface area contributed by atoms with Crippen molar-refractivity contribution < 1.29 is 5.11 Å². The summed E-state index contributed by atoms with van der Waals surface area (Å²) in [4.78, 5) is 15.0. The fourth-order valence-electron chi connectivity index (χ4n) is 2.82. The standard InChI is InChI=1S/C17H12N2O2S/c18-10-3-1-2-9(8-10)14-13(20)5-4-12-15(14)11-6-7-22-16(11)17(21)19-12/h1-8,20H,18H2,(H,19,21). The summed E-state index contributed by atoms with van der Waals surface area (Å²) in [6.07, 6.45) is 0. The molecule has 4 rings (SSSR count). The van der Waals surface area contributed by atoms with Crippen LogP contribution in [0.2, 0.25) is 0 Å². The number of aromatic amines is 1. The lowest BCUT2D eigenvalue weighted by atomic mass is 9.97. The van der Waals surface area contributed by atoms with E-state index in [0.29, 0.717) is 21.5 Å². The minimum Gasteiger partial charge on any atom is -0.507 e. The molecule has 4 aromatic rings. The maximum absolute atomic E-state index is 12.1. The van der Waals surface area contributed by atoms with Crippen LogP contribution in [0, 0.1) is 0 Å². The maximum atomic E-state index is 12.1. The van der Waals surface area contributed by atoms with Crippen LogP contribution in [0.5, 0.6) is 5.75 Å². The van der Waals surface area contributed by atoms with Crippen LogP contribution < -0.4 is 11.3 Å². The van der Waals surface area contributed by atoms with Crippen molar-refractivity contribution in [2.75, 3.05) is 5.73 Å². The smallest absolute Gasteiger partial charge is 0.266 e. The molecule has 22 heavy (non-hydrogen) atoms. The summed E-state index contributed by atoms with van der Waals surface area (Å²) in [6, 6.07) is 12.6. The highest BCUT2D eigenvalue weighted by Crippen LogP contribution is 2.39. The molecule has 0 spiro atoms. The van der Waals surface area contributed by atoms with E-state index in [1.54, 1.807) is 18.2 Å². The van der Waals surface area contributed by atoms with Crippen molar-refractivity contribution in [3.05, 3.63) is 58.2 Å². The van der Waals surface area contributed by atoms with Gasteiger partial charge in [0.15, 0.2) is 0 Å². The van der Waals surface area contributed by atoms with Crippen LogP contribution in [-0.2, 0) is 0 Å². The molecule has 0 atom stereocenters. The zero-order valence-electron chi connectivity index (χ0n) is 11.5. The number of fused-ring (bicyclic) bond motifs is 3. The van der Waals surface area contributed by atoms with Crippen molar-refractivity contribution in [3.63, 3.8) is 0 Å². The third kappa shape index (κ3) is 1.79. The molecule has 0 fully saturated rings. The second-order valence-corrected chi connectivity index (χ2v) is 6.04. The number of rotatable bonds is 1. The van der Waals surface area contributed by atoms with Gasteiger partial charge in [0, 0.05) is 27.5 Å². The monoisotopic (exact) mass is 308 g/mol. The number of hydrogen-bond acceptors (Lipinski definition) is 4. The molecule has 0 amide bonds. The highest BCUT2D eigenvalue weighted by atomic mass is 32.1. The van der Waals surface area contributed by atoms with Crippen LogP contribution in [0.3, 0.4) is 0 Å². The largest absolute Gasteiger partial charge is 0.507 e. The number of phenolic OH excluding ortho intramolecular Hbond substituents is 1. The summed E-state index contributed by atoms with van der Waals surface area (Å²) in [6.45, 7) is 0. The van der Waals surface area contributed by atoms with Gasteiger partial charge in [-0.1, -0.05) is 12.1 Å². The number of nitrogens with two attached hydrogens (primary N) is 1. The first kappa shape index (κ1) is 12.9. The van der Waals surface area contributed by atoms with Crippen LogP contribution in [0.1, 0.15) is 0 Å². The fourth-order valence-corrected chi connectivity index (χ4v) is 3.62. The molecule has 0 aliphatic carbocycles. The Morgan fingerprint density at radius 2 is 2.00 bits per heavy atom. The van der Waals surface area contributed by atoms with E-state index in [4.69, 9.17) is 5.73 Å². The second-order valence-electron chi connectivity index (χ2n) is 5.13. The number of thiophene rings is 1. The van der Waals surface area contributed by atoms with E-state index in [0.717, 1.165) is 16.3 Å². The van der Waals surface area contributed by atoms with Crippen LogP contribution >= 0.6 is 11.3 Å². The van der Waals surface area contributed by atoms with Crippen molar-refractivity contribution in [2.24, 2.45) is 0 Å². The van der Waals surface area contributed by atoms with Gasteiger partial charge in [0.05, 0.1) is 0 Å². The topological polar surface area (TPSA) is 79.1 Å². The van der Waals surface area contributed by atoms with E-state index >= 15 is 0 Å². The summed E-state index contributed by atoms with van der Waals surface area (Å²) in [5.74, 6) is 0.164. The van der Waals surface area contributed by atoms with E-state index in [-0.39, 0.29) is 11.3 Å². The van der Waals surface area contributed by atoms with Gasteiger partial charge < -0.3 is 15.8 Å². The number of aromatic hydroxyl groups is 1. The molecule has 4 N–H and O–H groups in total. The highest BCUT2D eigenvalue weighted by Gasteiger charge is 2.15. The third-order valence-corrected chi connectivity index (χ3v) is 4.66. The summed E-state index contributed by atoms with van der Waals surface area (Å²) < 4.78 is 0.656. The molecule has 5 heteroatoms. The Morgan fingerprint density at radius 1 is 1.14 bits per heavy atom. The molecule has 108 valence electrons. The lowest BCUT2D eigenvalue weighted by molar-refractivity contribution is 0.478. The summed E-state index contributed by atoms with van der Waals surface area (Å²) >= 11 is 1.39. The number of hydrogen-bond donors (Lipinski definition) is 3. The highest BCUT2D eigenvalue weighted by molar-refractivity contribution is 7.17. The average Bonchev–Trinajstić information content (AvgIpc) is 2.98. The Balaban J connectivity index is 2.24. The number of nitrogen functional groups attached to an aromatic ring is 1. The normalized spacial score (nSPS) is 11.3. The average molecular weight is 308 g/mol. The molecule has 0 saturated heterocycles. The first-order chi connectivity index (χ1) is 10.6. The zero-order chi connectivity index (χ0) is 15.3. The number of pyridine rings is 1. The molecule has 0 saturated carbocycles. The quantitative estimate of drug-likeness (QED) is 0.469. The minimum atomic E-state index is -0.110. The Bertz CT molecular complexity index is 1080. The van der Waals surface area contributed by atoms with Gasteiger partial charge in [0.25, 0.3) is 5.56 Å². The number of benzene rings is 2. The lowest BCUT2D eigenvalue weighted by Crippen LogP contribution is -2.04. The van der Waals surface area contributed by atoms with E-state index in [9.17, 15) is 9.90 Å². The van der Waals surface area contributed by atoms with E-state index in [1.165, 1.54) is 11.3 Å². The molecule has 0 aliphatic rings. The number of H-pyrrole nitrogens is 1. The van der Waals surface area contributed by atoms with Crippen molar-refractivity contribution >= 4 is 38.0 Å². The molecular formula is C17H12N2O2S. The van der Waals surface area contributed by atoms with E-state index in [2.05, 4.69) is 4.98 Å². The van der Waals surface area contributed by atoms with Gasteiger partial charge in [0.1, 0.15) is 10.4 Å². The number of nitrogens with one attached hydrogen (secondary N) is 1. The van der Waals surface area contributed by atoms with Crippen LogP contribution in [0.25, 0.3) is 32.1 Å². The first-order valence-electron chi connectivity index (χ1n) is 6.76. The molecule has 2 aromatic carbocycles. The van der Waals surface area contributed by atoms with Gasteiger partial charge in [0.2, 0.25) is 0 Å². The van der Waals surface area contributed by atoms with Gasteiger partial charge in [-0.25, -0.2) is 0 Å². The van der Waals surface area contributed by atoms with Crippen LogP contribution in [0.4, 0.5) is 5.69 Å². The van der Waals surface area contributed by atoms with Crippen LogP contribution in [-0.4, -0.2) is 10.1 Å². The van der Waals surface area contributed by atoms with Gasteiger partial charge in [-0.05, 0) is 41.3 Å². The Hall–Kier alpha value is -2.79. The zero-order valence-corrected chi connectivity index (χ0v) is 12.3. The molecule has 0 radical (unpaired) electrons. The van der Waals surface area contributed by atoms with Gasteiger partial charge >= 0.3 is 0 Å². The third-order valence-electron chi connectivity index (χ3n) is 3.75. The Kier molecular flexibility index (Phi) is 2.71. The summed E-state index contributed by atoms with van der Waals surface area (Å²) in [5.41, 5.74) is 8.59. The molecule has 0 unspecified atom stereocenters. The van der Waals surface area contributed by atoms with E-state index in [1.807, 2.05) is 29.6 Å². The summed E-state index contributed by atoms with van der Waals surface area (Å²) in [7, 11) is 0. The molecule has 2 heterocycles. The van der Waals surface area contributed by atoms with E-state index < -0.39 is 0 Å². The molecule has 2 aromatic heterocycles. The Morgan fingerprint density at radius 3 is 2.82 bits per heavy atom. The number of phenols is 1. The van der Waals surface area contributed by atoms with Crippen molar-refractivity contribution in [3.8, 4) is 16.9 Å². The molecule has 4 nitrogen and oxygen atoms in total. The molecular weight excluding hydrogens is 296 g/mol. The molecule has 0 aliphatic heterocycles. The first-order valence-corrected chi connectivity index (χ1v) is 7.64. The predicted molar refractivity (Wildman–Crippen MR) is 91.5 cm³/mol. The predicted octanol–water partition coefficient (Wildman–Crippen LogP) is 3.70. The van der Waals surface area contributed by atoms with Crippen molar-refractivity contribution in [2.45, 2.75) is 0 Å². The van der Waals surface area contributed by atoms with Gasteiger partial charge in [-0.3, -0.25) is 4.79 Å².